The molecule has 0 spiro atoms. The van der Waals surface area contributed by atoms with E-state index in [9.17, 15) is 8.42 Å². The minimum absolute atomic E-state index is 0.329. The Morgan fingerprint density at radius 2 is 2.14 bits per heavy atom. The SMILES string of the molecule is CS(=O)(=O)c1ccc2[nH]c(=S)sc2c1. The van der Waals surface area contributed by atoms with Gasteiger partial charge in [0.15, 0.2) is 13.8 Å². The lowest BCUT2D eigenvalue weighted by atomic mass is 10.3. The number of sulfone groups is 1. The van der Waals surface area contributed by atoms with E-state index in [-0.39, 0.29) is 0 Å². The lowest BCUT2D eigenvalue weighted by Crippen LogP contribution is -1.95. The second-order valence-electron chi connectivity index (χ2n) is 2.94. The van der Waals surface area contributed by atoms with Crippen molar-refractivity contribution < 1.29 is 8.42 Å². The van der Waals surface area contributed by atoms with Crippen molar-refractivity contribution >= 4 is 43.6 Å². The van der Waals surface area contributed by atoms with E-state index >= 15 is 0 Å². The number of fused-ring (bicyclic) bond motifs is 1. The Balaban J connectivity index is 2.80. The van der Waals surface area contributed by atoms with Crippen molar-refractivity contribution in [3.05, 3.63) is 22.2 Å². The Morgan fingerprint density at radius 1 is 1.43 bits per heavy atom. The highest BCUT2D eigenvalue weighted by molar-refractivity contribution is 7.90. The first-order valence-corrected chi connectivity index (χ1v) is 6.91. The van der Waals surface area contributed by atoms with Crippen molar-refractivity contribution in [3.63, 3.8) is 0 Å². The number of nitrogens with one attached hydrogen (secondary N) is 1. The normalized spacial score (nSPS) is 12.1. The molecule has 0 aliphatic carbocycles. The summed E-state index contributed by atoms with van der Waals surface area (Å²) in [5.41, 5.74) is 0.882. The topological polar surface area (TPSA) is 49.9 Å². The number of rotatable bonds is 1. The molecule has 2 rings (SSSR count). The second kappa shape index (κ2) is 3.15. The van der Waals surface area contributed by atoms with Crippen LogP contribution >= 0.6 is 23.6 Å². The maximum Gasteiger partial charge on any atom is 0.175 e. The van der Waals surface area contributed by atoms with Crippen molar-refractivity contribution in [2.24, 2.45) is 0 Å². The van der Waals surface area contributed by atoms with Gasteiger partial charge in [0.1, 0.15) is 0 Å². The van der Waals surface area contributed by atoms with E-state index in [0.717, 1.165) is 10.2 Å². The Bertz CT molecular complexity index is 636. The van der Waals surface area contributed by atoms with Crippen LogP contribution < -0.4 is 0 Å². The van der Waals surface area contributed by atoms with Crippen LogP contribution in [0.1, 0.15) is 0 Å². The van der Waals surface area contributed by atoms with E-state index in [0.29, 0.717) is 8.85 Å². The molecule has 1 heterocycles. The molecule has 0 radical (unpaired) electrons. The van der Waals surface area contributed by atoms with Crippen LogP contribution in [0.4, 0.5) is 0 Å². The van der Waals surface area contributed by atoms with Crippen LogP contribution in [0.3, 0.4) is 0 Å². The molecule has 0 amide bonds. The van der Waals surface area contributed by atoms with Gasteiger partial charge in [-0.3, -0.25) is 0 Å². The molecule has 0 aliphatic heterocycles. The molecule has 2 aromatic rings. The number of H-pyrrole nitrogens is 1. The van der Waals surface area contributed by atoms with E-state index in [4.69, 9.17) is 12.2 Å². The minimum Gasteiger partial charge on any atom is -0.337 e. The first-order chi connectivity index (χ1) is 6.47. The van der Waals surface area contributed by atoms with Crippen LogP contribution in [0.25, 0.3) is 10.2 Å². The highest BCUT2D eigenvalue weighted by Crippen LogP contribution is 2.22. The van der Waals surface area contributed by atoms with Gasteiger partial charge in [0.2, 0.25) is 0 Å². The number of aromatic nitrogens is 1. The third-order valence-corrected chi connectivity index (χ3v) is 4.13. The molecule has 1 aromatic carbocycles. The fraction of sp³-hybridized carbons (Fsp3) is 0.125. The van der Waals surface area contributed by atoms with E-state index in [1.165, 1.54) is 17.6 Å². The van der Waals surface area contributed by atoms with Gasteiger partial charge in [0.25, 0.3) is 0 Å². The number of thiazole rings is 1. The predicted octanol–water partition coefficient (Wildman–Crippen LogP) is 2.36. The van der Waals surface area contributed by atoms with Gasteiger partial charge in [-0.25, -0.2) is 8.42 Å². The van der Waals surface area contributed by atoms with Crippen molar-refractivity contribution in [1.29, 1.82) is 0 Å². The minimum atomic E-state index is -3.13. The molecule has 0 fully saturated rings. The van der Waals surface area contributed by atoms with Gasteiger partial charge in [-0.15, -0.1) is 11.3 Å². The highest BCUT2D eigenvalue weighted by Gasteiger charge is 2.08. The predicted molar refractivity (Wildman–Crippen MR) is 60.1 cm³/mol. The quantitative estimate of drug-likeness (QED) is 0.785. The highest BCUT2D eigenvalue weighted by atomic mass is 32.2. The summed E-state index contributed by atoms with van der Waals surface area (Å²) < 4.78 is 24.0. The van der Waals surface area contributed by atoms with E-state index in [2.05, 4.69) is 4.98 Å². The number of hydrogen-bond acceptors (Lipinski definition) is 4. The Morgan fingerprint density at radius 3 is 2.79 bits per heavy atom. The number of aromatic amines is 1. The maximum absolute atomic E-state index is 11.3. The molecular formula is C8H7NO2S3. The summed E-state index contributed by atoms with van der Waals surface area (Å²) >= 11 is 6.34. The molecule has 0 aliphatic rings. The largest absolute Gasteiger partial charge is 0.337 e. The molecular weight excluding hydrogens is 238 g/mol. The average Bonchev–Trinajstić information content (AvgIpc) is 2.41. The monoisotopic (exact) mass is 245 g/mol. The molecule has 1 N–H and O–H groups in total. The Hall–Kier alpha value is -0.720. The van der Waals surface area contributed by atoms with Crippen LogP contribution in [-0.4, -0.2) is 19.7 Å². The molecule has 0 saturated heterocycles. The summed E-state index contributed by atoms with van der Waals surface area (Å²) in [6, 6.07) is 4.95. The summed E-state index contributed by atoms with van der Waals surface area (Å²) in [4.78, 5) is 3.30. The molecule has 3 nitrogen and oxygen atoms in total. The van der Waals surface area contributed by atoms with Gasteiger partial charge in [-0.1, -0.05) is 0 Å². The van der Waals surface area contributed by atoms with Gasteiger partial charge >= 0.3 is 0 Å². The maximum atomic E-state index is 11.3. The van der Waals surface area contributed by atoms with Crippen molar-refractivity contribution in [2.45, 2.75) is 4.90 Å². The fourth-order valence-electron chi connectivity index (χ4n) is 1.16. The Labute approximate surface area is 90.3 Å². The van der Waals surface area contributed by atoms with Gasteiger partial charge < -0.3 is 4.98 Å². The molecule has 0 saturated carbocycles. The van der Waals surface area contributed by atoms with Gasteiger partial charge in [-0.2, -0.15) is 0 Å². The third kappa shape index (κ3) is 1.73. The summed E-state index contributed by atoms with van der Waals surface area (Å²) in [5, 5.41) is 0. The van der Waals surface area contributed by atoms with Gasteiger partial charge in [0, 0.05) is 6.26 Å². The molecule has 0 atom stereocenters. The van der Waals surface area contributed by atoms with Gasteiger partial charge in [-0.05, 0) is 30.4 Å². The van der Waals surface area contributed by atoms with Crippen molar-refractivity contribution in [1.82, 2.24) is 4.98 Å². The first kappa shape index (κ1) is 9.82. The summed E-state index contributed by atoms with van der Waals surface area (Å²) in [5.74, 6) is 0. The van der Waals surface area contributed by atoms with E-state index < -0.39 is 9.84 Å². The molecule has 1 aromatic heterocycles. The second-order valence-corrected chi connectivity index (χ2v) is 6.68. The summed E-state index contributed by atoms with van der Waals surface area (Å²) in [6.45, 7) is 0. The van der Waals surface area contributed by atoms with Crippen LogP contribution in [0.2, 0.25) is 0 Å². The third-order valence-electron chi connectivity index (χ3n) is 1.82. The molecule has 0 bridgehead atoms. The van der Waals surface area contributed by atoms with Crippen molar-refractivity contribution in [3.8, 4) is 0 Å². The van der Waals surface area contributed by atoms with Gasteiger partial charge in [0.05, 0.1) is 15.1 Å². The summed E-state index contributed by atoms with van der Waals surface area (Å²) in [7, 11) is -3.13. The fourth-order valence-corrected chi connectivity index (χ4v) is 3.03. The van der Waals surface area contributed by atoms with E-state index in [1.807, 2.05) is 0 Å². The zero-order valence-electron chi connectivity index (χ0n) is 7.27. The molecule has 0 unspecified atom stereocenters. The molecule has 6 heteroatoms. The van der Waals surface area contributed by atoms with Crippen LogP contribution in [0.15, 0.2) is 23.1 Å². The lowest BCUT2D eigenvalue weighted by Gasteiger charge is -1.96. The molecule has 74 valence electrons. The standard InChI is InChI=1S/C8H7NO2S3/c1-14(10,11)5-2-3-6-7(4-5)13-8(12)9-6/h2-4H,1H3,(H,9,12). The van der Waals surface area contributed by atoms with Crippen molar-refractivity contribution in [2.75, 3.05) is 6.26 Å². The summed E-state index contributed by atoms with van der Waals surface area (Å²) in [6.07, 6.45) is 1.19. The zero-order valence-corrected chi connectivity index (χ0v) is 9.72. The van der Waals surface area contributed by atoms with E-state index in [1.54, 1.807) is 18.2 Å². The van der Waals surface area contributed by atoms with Crippen LogP contribution in [-0.2, 0) is 9.84 Å². The first-order valence-electron chi connectivity index (χ1n) is 3.80. The van der Waals surface area contributed by atoms with Crippen LogP contribution in [0.5, 0.6) is 0 Å². The molecule has 14 heavy (non-hydrogen) atoms. The zero-order chi connectivity index (χ0) is 10.3. The Kier molecular flexibility index (Phi) is 2.21. The average molecular weight is 245 g/mol. The number of benzene rings is 1. The lowest BCUT2D eigenvalue weighted by molar-refractivity contribution is 0.602. The smallest absolute Gasteiger partial charge is 0.175 e. The number of hydrogen-bond donors (Lipinski definition) is 1. The van der Waals surface area contributed by atoms with Crippen LogP contribution in [0, 0.1) is 3.95 Å².